The van der Waals surface area contributed by atoms with Crippen LogP contribution in [0, 0.1) is 0 Å². The van der Waals surface area contributed by atoms with Gasteiger partial charge >= 0.3 is 0 Å². The Labute approximate surface area is 152 Å². The van der Waals surface area contributed by atoms with E-state index in [2.05, 4.69) is 61.9 Å². The molecule has 21 heavy (non-hydrogen) atoms. The van der Waals surface area contributed by atoms with Crippen LogP contribution in [-0.4, -0.2) is 48.5 Å². The first kappa shape index (κ1) is 18.7. The van der Waals surface area contributed by atoms with Gasteiger partial charge in [-0.05, 0) is 31.5 Å². The Morgan fingerprint density at radius 3 is 2.33 bits per heavy atom. The Hall–Kier alpha value is -0.340. The van der Waals surface area contributed by atoms with Gasteiger partial charge in [0.25, 0.3) is 0 Å². The normalized spacial score (nSPS) is 18.2. The summed E-state index contributed by atoms with van der Waals surface area (Å²) in [7, 11) is 0. The molecule has 0 saturated carbocycles. The number of nitrogens with zero attached hydrogens (tertiary/aromatic N) is 3. The number of piperazine rings is 1. The van der Waals surface area contributed by atoms with Crippen LogP contribution in [-0.2, 0) is 0 Å². The van der Waals surface area contributed by atoms with Gasteiger partial charge in [-0.2, -0.15) is 0 Å². The fourth-order valence-corrected chi connectivity index (χ4v) is 2.82. The molecule has 1 aromatic rings. The third-order valence-electron chi connectivity index (χ3n) is 3.86. The standard InChI is InChI=1S/C15H23BrN4.HI/c1-3-18-15(17)20-10-8-19(9-11-20)12(2)13-4-6-14(16)7-5-13;/h4-7,12H,3,8-11H2,1-2H3,(H2,17,18);1H. The van der Waals surface area contributed by atoms with Gasteiger partial charge in [0.1, 0.15) is 0 Å². The van der Waals surface area contributed by atoms with Crippen molar-refractivity contribution in [1.82, 2.24) is 9.80 Å². The van der Waals surface area contributed by atoms with Crippen molar-refractivity contribution >= 4 is 45.9 Å². The van der Waals surface area contributed by atoms with Crippen molar-refractivity contribution in [1.29, 1.82) is 0 Å². The minimum Gasteiger partial charge on any atom is -0.370 e. The lowest BCUT2D eigenvalue weighted by Gasteiger charge is -2.38. The Morgan fingerprint density at radius 1 is 1.24 bits per heavy atom. The number of rotatable bonds is 3. The average Bonchev–Trinajstić information content (AvgIpc) is 2.48. The van der Waals surface area contributed by atoms with Crippen LogP contribution in [0.3, 0.4) is 0 Å². The summed E-state index contributed by atoms with van der Waals surface area (Å²) in [6.45, 7) is 8.99. The third-order valence-corrected chi connectivity index (χ3v) is 4.39. The number of aliphatic imine (C=N–C) groups is 1. The maximum absolute atomic E-state index is 5.96. The molecule has 1 saturated heterocycles. The van der Waals surface area contributed by atoms with Gasteiger partial charge in [0.15, 0.2) is 5.96 Å². The number of guanidine groups is 1. The summed E-state index contributed by atoms with van der Waals surface area (Å²) in [4.78, 5) is 8.96. The summed E-state index contributed by atoms with van der Waals surface area (Å²) in [6.07, 6.45) is 0. The van der Waals surface area contributed by atoms with Gasteiger partial charge < -0.3 is 10.6 Å². The maximum Gasteiger partial charge on any atom is 0.191 e. The lowest BCUT2D eigenvalue weighted by molar-refractivity contribution is 0.140. The molecule has 118 valence electrons. The van der Waals surface area contributed by atoms with E-state index in [1.165, 1.54) is 5.56 Å². The molecule has 0 bridgehead atoms. The van der Waals surface area contributed by atoms with Crippen LogP contribution in [0.25, 0.3) is 0 Å². The van der Waals surface area contributed by atoms with Gasteiger partial charge in [-0.15, -0.1) is 24.0 Å². The Balaban J connectivity index is 0.00000220. The summed E-state index contributed by atoms with van der Waals surface area (Å²) in [5.41, 5.74) is 7.32. The highest BCUT2D eigenvalue weighted by Gasteiger charge is 2.22. The summed E-state index contributed by atoms with van der Waals surface area (Å²) in [5.74, 6) is 0.684. The van der Waals surface area contributed by atoms with E-state index in [0.29, 0.717) is 12.0 Å². The largest absolute Gasteiger partial charge is 0.370 e. The monoisotopic (exact) mass is 466 g/mol. The summed E-state index contributed by atoms with van der Waals surface area (Å²) < 4.78 is 1.13. The third kappa shape index (κ3) is 5.10. The van der Waals surface area contributed by atoms with Crippen LogP contribution < -0.4 is 5.73 Å². The molecule has 0 spiro atoms. The van der Waals surface area contributed by atoms with E-state index in [-0.39, 0.29) is 24.0 Å². The van der Waals surface area contributed by atoms with Crippen molar-refractivity contribution in [3.05, 3.63) is 34.3 Å². The Kier molecular flexibility index (Phi) is 7.97. The molecule has 0 radical (unpaired) electrons. The van der Waals surface area contributed by atoms with Crippen molar-refractivity contribution in [3.63, 3.8) is 0 Å². The average molecular weight is 467 g/mol. The van der Waals surface area contributed by atoms with Crippen molar-refractivity contribution in [3.8, 4) is 0 Å². The van der Waals surface area contributed by atoms with Crippen molar-refractivity contribution in [2.24, 2.45) is 10.7 Å². The van der Waals surface area contributed by atoms with E-state index in [1.54, 1.807) is 0 Å². The molecular formula is C15H24BrIN4. The van der Waals surface area contributed by atoms with E-state index in [4.69, 9.17) is 5.73 Å². The molecule has 1 aliphatic rings. The zero-order chi connectivity index (χ0) is 14.5. The lowest BCUT2D eigenvalue weighted by Crippen LogP contribution is -2.51. The van der Waals surface area contributed by atoms with Crippen LogP contribution >= 0.6 is 39.9 Å². The molecule has 2 N–H and O–H groups in total. The summed E-state index contributed by atoms with van der Waals surface area (Å²) >= 11 is 3.48. The number of benzene rings is 1. The number of nitrogens with two attached hydrogens (primary N) is 1. The minimum atomic E-state index is 0. The van der Waals surface area contributed by atoms with Crippen molar-refractivity contribution in [2.75, 3.05) is 32.7 Å². The first-order valence-corrected chi connectivity index (χ1v) is 7.95. The highest BCUT2D eigenvalue weighted by molar-refractivity contribution is 14.0. The fraction of sp³-hybridized carbons (Fsp3) is 0.533. The molecule has 0 amide bonds. The van der Waals surface area contributed by atoms with E-state index in [0.717, 1.165) is 37.2 Å². The highest BCUT2D eigenvalue weighted by atomic mass is 127. The molecule has 1 aliphatic heterocycles. The number of hydrogen-bond acceptors (Lipinski definition) is 2. The minimum absolute atomic E-state index is 0. The second kappa shape index (κ2) is 8.95. The molecule has 1 aromatic carbocycles. The van der Waals surface area contributed by atoms with Crippen LogP contribution in [0.2, 0.25) is 0 Å². The fourth-order valence-electron chi connectivity index (χ4n) is 2.55. The molecule has 2 rings (SSSR count). The van der Waals surface area contributed by atoms with Crippen LogP contribution in [0.4, 0.5) is 0 Å². The second-order valence-corrected chi connectivity index (χ2v) is 6.00. The molecule has 0 aromatic heterocycles. The highest BCUT2D eigenvalue weighted by Crippen LogP contribution is 2.23. The molecular weight excluding hydrogens is 443 g/mol. The maximum atomic E-state index is 5.96. The molecule has 4 nitrogen and oxygen atoms in total. The quantitative estimate of drug-likeness (QED) is 0.423. The molecule has 0 aliphatic carbocycles. The summed E-state index contributed by atoms with van der Waals surface area (Å²) in [6, 6.07) is 9.03. The SMILES string of the molecule is CCN=C(N)N1CCN(C(C)c2ccc(Br)cc2)CC1.I. The number of hydrogen-bond donors (Lipinski definition) is 1. The molecule has 1 unspecified atom stereocenters. The van der Waals surface area contributed by atoms with E-state index in [1.807, 2.05) is 6.92 Å². The Bertz CT molecular complexity index is 455. The zero-order valence-electron chi connectivity index (χ0n) is 12.6. The molecule has 1 atom stereocenters. The van der Waals surface area contributed by atoms with Gasteiger partial charge in [0, 0.05) is 43.2 Å². The first-order chi connectivity index (χ1) is 9.61. The van der Waals surface area contributed by atoms with Gasteiger partial charge in [-0.1, -0.05) is 28.1 Å². The first-order valence-electron chi connectivity index (χ1n) is 7.16. The van der Waals surface area contributed by atoms with Crippen LogP contribution in [0.1, 0.15) is 25.5 Å². The van der Waals surface area contributed by atoms with Gasteiger partial charge in [-0.3, -0.25) is 9.89 Å². The lowest BCUT2D eigenvalue weighted by atomic mass is 10.1. The van der Waals surface area contributed by atoms with E-state index in [9.17, 15) is 0 Å². The molecule has 1 heterocycles. The molecule has 1 fully saturated rings. The topological polar surface area (TPSA) is 44.9 Å². The second-order valence-electron chi connectivity index (χ2n) is 5.08. The summed E-state index contributed by atoms with van der Waals surface area (Å²) in [5, 5.41) is 0. The van der Waals surface area contributed by atoms with E-state index >= 15 is 0 Å². The zero-order valence-corrected chi connectivity index (χ0v) is 16.5. The Morgan fingerprint density at radius 2 is 1.81 bits per heavy atom. The van der Waals surface area contributed by atoms with Gasteiger partial charge in [-0.25, -0.2) is 0 Å². The van der Waals surface area contributed by atoms with Crippen molar-refractivity contribution in [2.45, 2.75) is 19.9 Å². The van der Waals surface area contributed by atoms with Gasteiger partial charge in [0.05, 0.1) is 0 Å². The predicted molar refractivity (Wildman–Crippen MR) is 103 cm³/mol. The van der Waals surface area contributed by atoms with E-state index < -0.39 is 0 Å². The predicted octanol–water partition coefficient (Wildman–Crippen LogP) is 3.08. The smallest absolute Gasteiger partial charge is 0.191 e. The van der Waals surface area contributed by atoms with Crippen LogP contribution in [0.15, 0.2) is 33.7 Å². The van der Waals surface area contributed by atoms with Crippen LogP contribution in [0.5, 0.6) is 0 Å². The number of halogens is 2. The van der Waals surface area contributed by atoms with Crippen molar-refractivity contribution < 1.29 is 0 Å². The van der Waals surface area contributed by atoms with Gasteiger partial charge in [0.2, 0.25) is 0 Å². The molecule has 6 heteroatoms.